The summed E-state index contributed by atoms with van der Waals surface area (Å²) in [6, 6.07) is 13.0. The highest BCUT2D eigenvalue weighted by molar-refractivity contribution is 5.92. The van der Waals surface area contributed by atoms with Crippen LogP contribution in [-0.4, -0.2) is 27.9 Å². The molecule has 21 heavy (non-hydrogen) atoms. The van der Waals surface area contributed by atoms with Gasteiger partial charge in [0.1, 0.15) is 5.75 Å². The van der Waals surface area contributed by atoms with E-state index in [1.807, 2.05) is 30.3 Å². The van der Waals surface area contributed by atoms with Crippen molar-refractivity contribution in [3.63, 3.8) is 0 Å². The van der Waals surface area contributed by atoms with Crippen molar-refractivity contribution in [3.8, 4) is 16.9 Å². The molecule has 4 N–H and O–H groups in total. The van der Waals surface area contributed by atoms with Crippen LogP contribution in [0.15, 0.2) is 42.5 Å². The summed E-state index contributed by atoms with van der Waals surface area (Å²) in [6.07, 6.45) is 0. The average Bonchev–Trinajstić information content (AvgIpc) is 2.86. The summed E-state index contributed by atoms with van der Waals surface area (Å²) in [5, 5.41) is 16.3. The molecule has 0 saturated carbocycles. The molecule has 0 aliphatic heterocycles. The largest absolute Gasteiger partial charge is 0.481 e. The number of ether oxygens (including phenoxy) is 1. The number of hydrogen-bond donors (Lipinski definition) is 3. The lowest BCUT2D eigenvalue weighted by Gasteiger charge is -2.10. The van der Waals surface area contributed by atoms with E-state index in [9.17, 15) is 4.79 Å². The number of nitrogen functional groups attached to an aromatic ring is 1. The number of aromatic amines is 1. The Bertz CT molecular complexity index is 811. The maximum atomic E-state index is 10.7. The molecule has 6 heteroatoms. The number of nitrogens with one attached hydrogen (secondary N) is 1. The summed E-state index contributed by atoms with van der Waals surface area (Å²) in [5.41, 5.74) is 8.35. The highest BCUT2D eigenvalue weighted by Crippen LogP contribution is 2.32. The van der Waals surface area contributed by atoms with Crippen LogP contribution >= 0.6 is 0 Å². The minimum Gasteiger partial charge on any atom is -0.481 e. The number of carboxylic acids is 1. The van der Waals surface area contributed by atoms with Crippen molar-refractivity contribution < 1.29 is 14.6 Å². The Labute approximate surface area is 120 Å². The first-order valence-corrected chi connectivity index (χ1v) is 6.33. The molecule has 0 atom stereocenters. The number of fused-ring (bicyclic) bond motifs is 1. The molecule has 0 saturated heterocycles. The van der Waals surface area contributed by atoms with Gasteiger partial charge in [0.2, 0.25) is 0 Å². The SMILES string of the molecule is Nc1n[nH]c2ccc(-c3ccccc3OCC(=O)O)cc12. The number of benzene rings is 2. The molecule has 2 aromatic carbocycles. The van der Waals surface area contributed by atoms with Crippen LogP contribution in [0.25, 0.3) is 22.0 Å². The lowest BCUT2D eigenvalue weighted by molar-refractivity contribution is -0.139. The van der Waals surface area contributed by atoms with Gasteiger partial charge < -0.3 is 15.6 Å². The molecule has 0 aliphatic carbocycles. The van der Waals surface area contributed by atoms with Crippen LogP contribution in [0.1, 0.15) is 0 Å². The van der Waals surface area contributed by atoms with Crippen LogP contribution in [0.2, 0.25) is 0 Å². The number of para-hydroxylation sites is 1. The van der Waals surface area contributed by atoms with Crippen molar-refractivity contribution >= 4 is 22.7 Å². The van der Waals surface area contributed by atoms with E-state index in [1.165, 1.54) is 0 Å². The van der Waals surface area contributed by atoms with Gasteiger partial charge in [-0.2, -0.15) is 5.10 Å². The minimum atomic E-state index is -1.01. The van der Waals surface area contributed by atoms with E-state index in [2.05, 4.69) is 10.2 Å². The van der Waals surface area contributed by atoms with Crippen molar-refractivity contribution in [2.75, 3.05) is 12.3 Å². The second-order valence-electron chi connectivity index (χ2n) is 4.55. The third-order valence-electron chi connectivity index (χ3n) is 3.14. The molecule has 3 aromatic rings. The Hall–Kier alpha value is -3.02. The van der Waals surface area contributed by atoms with E-state index in [1.54, 1.807) is 12.1 Å². The predicted octanol–water partition coefficient (Wildman–Crippen LogP) is 2.28. The molecule has 0 radical (unpaired) electrons. The van der Waals surface area contributed by atoms with E-state index < -0.39 is 5.97 Å². The normalized spacial score (nSPS) is 10.7. The van der Waals surface area contributed by atoms with E-state index in [0.29, 0.717) is 11.6 Å². The number of H-pyrrole nitrogens is 1. The molecule has 1 aromatic heterocycles. The van der Waals surface area contributed by atoms with Gasteiger partial charge in [-0.1, -0.05) is 24.3 Å². The fraction of sp³-hybridized carbons (Fsp3) is 0.0667. The van der Waals surface area contributed by atoms with Crippen LogP contribution in [0.4, 0.5) is 5.82 Å². The molecule has 106 valence electrons. The van der Waals surface area contributed by atoms with Gasteiger partial charge in [0.15, 0.2) is 12.4 Å². The molecule has 6 nitrogen and oxygen atoms in total. The van der Waals surface area contributed by atoms with Crippen molar-refractivity contribution in [2.24, 2.45) is 0 Å². The number of hydrogen-bond acceptors (Lipinski definition) is 4. The zero-order valence-electron chi connectivity index (χ0n) is 11.0. The number of aliphatic carboxylic acids is 1. The lowest BCUT2D eigenvalue weighted by atomic mass is 10.0. The number of carbonyl (C=O) groups is 1. The first-order valence-electron chi connectivity index (χ1n) is 6.33. The number of nitrogens with zero attached hydrogens (tertiary/aromatic N) is 1. The minimum absolute atomic E-state index is 0.382. The quantitative estimate of drug-likeness (QED) is 0.681. The molecule has 0 unspecified atom stereocenters. The van der Waals surface area contributed by atoms with Crippen LogP contribution < -0.4 is 10.5 Å². The fourth-order valence-electron chi connectivity index (χ4n) is 2.17. The van der Waals surface area contributed by atoms with Crippen molar-refractivity contribution in [3.05, 3.63) is 42.5 Å². The maximum absolute atomic E-state index is 10.7. The van der Waals surface area contributed by atoms with Crippen LogP contribution in [0, 0.1) is 0 Å². The van der Waals surface area contributed by atoms with Crippen LogP contribution in [-0.2, 0) is 4.79 Å². The Morgan fingerprint density at radius 2 is 2.10 bits per heavy atom. The number of anilines is 1. The first kappa shape index (κ1) is 13.0. The third-order valence-corrected chi connectivity index (χ3v) is 3.14. The molecule has 0 bridgehead atoms. The number of rotatable bonds is 4. The maximum Gasteiger partial charge on any atom is 0.341 e. The van der Waals surface area contributed by atoms with Crippen LogP contribution in [0.3, 0.4) is 0 Å². The molecule has 0 spiro atoms. The average molecular weight is 283 g/mol. The smallest absolute Gasteiger partial charge is 0.341 e. The van der Waals surface area contributed by atoms with E-state index in [0.717, 1.165) is 22.0 Å². The van der Waals surface area contributed by atoms with Gasteiger partial charge in [-0.3, -0.25) is 5.10 Å². The summed E-state index contributed by atoms with van der Waals surface area (Å²) in [7, 11) is 0. The van der Waals surface area contributed by atoms with E-state index in [4.69, 9.17) is 15.6 Å². The third kappa shape index (κ3) is 2.51. The fourth-order valence-corrected chi connectivity index (χ4v) is 2.17. The second-order valence-corrected chi connectivity index (χ2v) is 4.55. The van der Waals surface area contributed by atoms with E-state index in [-0.39, 0.29) is 6.61 Å². The number of nitrogens with two attached hydrogens (primary N) is 1. The Morgan fingerprint density at radius 1 is 1.29 bits per heavy atom. The van der Waals surface area contributed by atoms with Crippen LogP contribution in [0.5, 0.6) is 5.75 Å². The molecule has 0 amide bonds. The Morgan fingerprint density at radius 3 is 2.90 bits per heavy atom. The van der Waals surface area contributed by atoms with Gasteiger partial charge in [0.25, 0.3) is 0 Å². The monoisotopic (exact) mass is 283 g/mol. The van der Waals surface area contributed by atoms with Crippen molar-refractivity contribution in [1.29, 1.82) is 0 Å². The summed E-state index contributed by atoms with van der Waals surface area (Å²) in [5.74, 6) is -0.0727. The molecular formula is C15H13N3O3. The first-order chi connectivity index (χ1) is 10.1. The molecule has 3 rings (SSSR count). The highest BCUT2D eigenvalue weighted by Gasteiger charge is 2.10. The van der Waals surface area contributed by atoms with Gasteiger partial charge >= 0.3 is 5.97 Å². The summed E-state index contributed by atoms with van der Waals surface area (Å²) < 4.78 is 5.32. The molecule has 0 aliphatic rings. The lowest BCUT2D eigenvalue weighted by Crippen LogP contribution is -2.09. The topological polar surface area (TPSA) is 101 Å². The summed E-state index contributed by atoms with van der Waals surface area (Å²) in [4.78, 5) is 10.7. The van der Waals surface area contributed by atoms with Crippen molar-refractivity contribution in [2.45, 2.75) is 0 Å². The van der Waals surface area contributed by atoms with Gasteiger partial charge in [0, 0.05) is 10.9 Å². The Kier molecular flexibility index (Phi) is 3.19. The predicted molar refractivity (Wildman–Crippen MR) is 79.1 cm³/mol. The van der Waals surface area contributed by atoms with E-state index >= 15 is 0 Å². The number of aromatic nitrogens is 2. The molecule has 0 fully saturated rings. The van der Waals surface area contributed by atoms with Gasteiger partial charge in [-0.15, -0.1) is 0 Å². The summed E-state index contributed by atoms with van der Waals surface area (Å²) in [6.45, 7) is -0.382. The highest BCUT2D eigenvalue weighted by atomic mass is 16.5. The molecule has 1 heterocycles. The Balaban J connectivity index is 2.05. The summed E-state index contributed by atoms with van der Waals surface area (Å²) >= 11 is 0. The van der Waals surface area contributed by atoms with Gasteiger partial charge in [-0.25, -0.2) is 4.79 Å². The zero-order chi connectivity index (χ0) is 14.8. The molecular weight excluding hydrogens is 270 g/mol. The van der Waals surface area contributed by atoms with Gasteiger partial charge in [0.05, 0.1) is 5.52 Å². The number of carboxylic acid groups (broad SMARTS) is 1. The van der Waals surface area contributed by atoms with Crippen molar-refractivity contribution in [1.82, 2.24) is 10.2 Å². The standard InChI is InChI=1S/C15H13N3O3/c16-15-11-7-9(5-6-12(11)17-18-15)10-3-1-2-4-13(10)21-8-14(19)20/h1-7H,8H2,(H,19,20)(H3,16,17,18). The van der Waals surface area contributed by atoms with Gasteiger partial charge in [-0.05, 0) is 23.8 Å². The zero-order valence-corrected chi connectivity index (χ0v) is 11.0. The second kappa shape index (κ2) is 5.16.